The van der Waals surface area contributed by atoms with Gasteiger partial charge in [0.25, 0.3) is 0 Å². The maximum absolute atomic E-state index is 9.01. The summed E-state index contributed by atoms with van der Waals surface area (Å²) in [6.07, 6.45) is 3.03. The highest BCUT2D eigenvalue weighted by molar-refractivity contribution is 8.12. The summed E-state index contributed by atoms with van der Waals surface area (Å²) in [6, 6.07) is 21.1. The molecule has 0 aliphatic carbocycles. The van der Waals surface area contributed by atoms with Crippen molar-refractivity contribution < 1.29 is 0 Å². The number of hydrazone groups is 1. The first-order chi connectivity index (χ1) is 11.4. The standard InChI is InChI=1S/C18H18N4S/c19-13-22-18(23-14-21-22)20-12-11-17(15-7-3-1-4-8-15)16-9-5-2-6-10-16/h1-10,14,17-18,20H,11-12H2. The molecule has 2 aromatic rings. The molecule has 0 amide bonds. The number of nitriles is 1. The summed E-state index contributed by atoms with van der Waals surface area (Å²) >= 11 is 1.52. The molecule has 1 aliphatic rings. The number of nitrogens with one attached hydrogen (secondary N) is 1. The van der Waals surface area contributed by atoms with E-state index in [9.17, 15) is 0 Å². The van der Waals surface area contributed by atoms with Crippen LogP contribution in [0.15, 0.2) is 65.8 Å². The van der Waals surface area contributed by atoms with Crippen molar-refractivity contribution >= 4 is 17.3 Å². The third-order valence-corrected chi connectivity index (χ3v) is 4.68. The fourth-order valence-electron chi connectivity index (χ4n) is 2.71. The first kappa shape index (κ1) is 15.6. The number of hydrogen-bond acceptors (Lipinski definition) is 5. The summed E-state index contributed by atoms with van der Waals surface area (Å²) in [7, 11) is 0. The summed E-state index contributed by atoms with van der Waals surface area (Å²) in [5.41, 5.74) is 4.24. The topological polar surface area (TPSA) is 51.4 Å². The van der Waals surface area contributed by atoms with E-state index in [0.29, 0.717) is 5.92 Å². The zero-order valence-electron chi connectivity index (χ0n) is 12.7. The highest BCUT2D eigenvalue weighted by Gasteiger charge is 2.21. The Kier molecular flexibility index (Phi) is 5.30. The predicted molar refractivity (Wildman–Crippen MR) is 94.7 cm³/mol. The quantitative estimate of drug-likeness (QED) is 0.826. The third-order valence-electron chi connectivity index (χ3n) is 3.84. The van der Waals surface area contributed by atoms with Gasteiger partial charge < -0.3 is 0 Å². The lowest BCUT2D eigenvalue weighted by Gasteiger charge is -2.21. The number of thioether (sulfide) groups is 1. The minimum Gasteiger partial charge on any atom is -0.286 e. The smallest absolute Gasteiger partial charge is 0.204 e. The van der Waals surface area contributed by atoms with Gasteiger partial charge >= 0.3 is 0 Å². The van der Waals surface area contributed by atoms with Crippen molar-refractivity contribution in [1.82, 2.24) is 10.3 Å². The molecule has 2 aromatic carbocycles. The lowest BCUT2D eigenvalue weighted by molar-refractivity contribution is 0.349. The average Bonchev–Trinajstić information content (AvgIpc) is 3.08. The van der Waals surface area contributed by atoms with Crippen LogP contribution in [0.1, 0.15) is 23.5 Å². The molecular formula is C18H18N4S. The SMILES string of the molecule is N#CN1N=CSC1NCCC(c1ccccc1)c1ccccc1. The molecule has 0 bridgehead atoms. The summed E-state index contributed by atoms with van der Waals surface area (Å²) in [6.45, 7) is 0.813. The van der Waals surface area contributed by atoms with Gasteiger partial charge in [0, 0.05) is 5.92 Å². The largest absolute Gasteiger partial charge is 0.286 e. The first-order valence-electron chi connectivity index (χ1n) is 7.58. The van der Waals surface area contributed by atoms with Gasteiger partial charge in [0.1, 0.15) is 0 Å². The summed E-state index contributed by atoms with van der Waals surface area (Å²) < 4.78 is 0. The van der Waals surface area contributed by atoms with Crippen molar-refractivity contribution in [3.05, 3.63) is 71.8 Å². The molecule has 5 heteroatoms. The predicted octanol–water partition coefficient (Wildman–Crippen LogP) is 3.55. The summed E-state index contributed by atoms with van der Waals surface area (Å²) in [5, 5.41) is 17.8. The minimum absolute atomic E-state index is 0.0906. The zero-order chi connectivity index (χ0) is 15.9. The Labute approximate surface area is 140 Å². The molecule has 1 aliphatic heterocycles. The fourth-order valence-corrected chi connectivity index (χ4v) is 3.42. The number of benzene rings is 2. The molecule has 116 valence electrons. The Balaban J connectivity index is 1.67. The second kappa shape index (κ2) is 7.82. The van der Waals surface area contributed by atoms with Crippen molar-refractivity contribution in [3.63, 3.8) is 0 Å². The van der Waals surface area contributed by atoms with Crippen molar-refractivity contribution in [2.24, 2.45) is 5.10 Å². The van der Waals surface area contributed by atoms with Crippen LogP contribution in [-0.2, 0) is 0 Å². The number of rotatable bonds is 6. The summed E-state index contributed by atoms with van der Waals surface area (Å²) in [5.74, 6) is 0.341. The molecule has 0 fully saturated rings. The van der Waals surface area contributed by atoms with Crippen LogP contribution >= 0.6 is 11.8 Å². The molecule has 4 nitrogen and oxygen atoms in total. The van der Waals surface area contributed by atoms with E-state index in [0.717, 1.165) is 13.0 Å². The fraction of sp³-hybridized carbons (Fsp3) is 0.222. The van der Waals surface area contributed by atoms with Gasteiger partial charge in [0.15, 0.2) is 5.50 Å². The van der Waals surface area contributed by atoms with Gasteiger partial charge in [-0.3, -0.25) is 5.32 Å². The van der Waals surface area contributed by atoms with Gasteiger partial charge in [0.2, 0.25) is 6.19 Å². The van der Waals surface area contributed by atoms with Crippen LogP contribution in [0.4, 0.5) is 0 Å². The molecule has 1 N–H and O–H groups in total. The lowest BCUT2D eigenvalue weighted by atomic mass is 9.88. The Morgan fingerprint density at radius 1 is 1.09 bits per heavy atom. The van der Waals surface area contributed by atoms with E-state index in [1.807, 2.05) is 12.1 Å². The van der Waals surface area contributed by atoms with Crippen LogP contribution in [0.25, 0.3) is 0 Å². The monoisotopic (exact) mass is 322 g/mol. The molecule has 23 heavy (non-hydrogen) atoms. The maximum Gasteiger partial charge on any atom is 0.204 e. The number of hydrogen-bond donors (Lipinski definition) is 1. The van der Waals surface area contributed by atoms with E-state index in [2.05, 4.69) is 65.1 Å². The molecule has 0 spiro atoms. The van der Waals surface area contributed by atoms with E-state index in [1.54, 1.807) is 5.55 Å². The van der Waals surface area contributed by atoms with Crippen LogP contribution in [0.5, 0.6) is 0 Å². The Morgan fingerprint density at radius 2 is 1.70 bits per heavy atom. The molecule has 1 atom stereocenters. The van der Waals surface area contributed by atoms with E-state index in [-0.39, 0.29) is 5.50 Å². The molecule has 0 aromatic heterocycles. The molecule has 3 rings (SSSR count). The van der Waals surface area contributed by atoms with E-state index < -0.39 is 0 Å². The average molecular weight is 322 g/mol. The van der Waals surface area contributed by atoms with Crippen LogP contribution in [0, 0.1) is 11.5 Å². The van der Waals surface area contributed by atoms with E-state index in [4.69, 9.17) is 5.26 Å². The summed E-state index contributed by atoms with van der Waals surface area (Å²) in [4.78, 5) is 0. The van der Waals surface area contributed by atoms with E-state index >= 15 is 0 Å². The van der Waals surface area contributed by atoms with Crippen LogP contribution in [0.2, 0.25) is 0 Å². The molecule has 0 saturated heterocycles. The molecular weight excluding hydrogens is 304 g/mol. The van der Waals surface area contributed by atoms with Gasteiger partial charge in [0.05, 0.1) is 5.55 Å². The van der Waals surface area contributed by atoms with Gasteiger partial charge in [-0.2, -0.15) is 15.4 Å². The van der Waals surface area contributed by atoms with Gasteiger partial charge in [-0.25, -0.2) is 0 Å². The van der Waals surface area contributed by atoms with Crippen molar-refractivity contribution in [3.8, 4) is 6.19 Å². The Hall–Kier alpha value is -2.29. The second-order valence-corrected chi connectivity index (χ2v) is 6.20. The Morgan fingerprint density at radius 3 is 2.26 bits per heavy atom. The molecule has 0 radical (unpaired) electrons. The van der Waals surface area contributed by atoms with Crippen molar-refractivity contribution in [1.29, 1.82) is 5.26 Å². The molecule has 1 unspecified atom stereocenters. The third kappa shape index (κ3) is 3.92. The van der Waals surface area contributed by atoms with Crippen LogP contribution in [-0.4, -0.2) is 22.6 Å². The van der Waals surface area contributed by atoms with Crippen LogP contribution < -0.4 is 5.32 Å². The van der Waals surface area contributed by atoms with Gasteiger partial charge in [-0.15, -0.1) is 0 Å². The zero-order valence-corrected chi connectivity index (χ0v) is 13.5. The van der Waals surface area contributed by atoms with Gasteiger partial charge in [-0.1, -0.05) is 72.4 Å². The van der Waals surface area contributed by atoms with Crippen molar-refractivity contribution in [2.45, 2.75) is 17.8 Å². The van der Waals surface area contributed by atoms with Crippen LogP contribution in [0.3, 0.4) is 0 Å². The lowest BCUT2D eigenvalue weighted by Crippen LogP contribution is -2.36. The van der Waals surface area contributed by atoms with Gasteiger partial charge in [-0.05, 0) is 24.1 Å². The minimum atomic E-state index is -0.0906. The highest BCUT2D eigenvalue weighted by atomic mass is 32.2. The molecule has 0 saturated carbocycles. The highest BCUT2D eigenvalue weighted by Crippen LogP contribution is 2.27. The second-order valence-electron chi connectivity index (χ2n) is 5.27. The van der Waals surface area contributed by atoms with Crippen molar-refractivity contribution in [2.75, 3.05) is 6.54 Å². The van der Waals surface area contributed by atoms with E-state index in [1.165, 1.54) is 27.9 Å². The maximum atomic E-state index is 9.01. The molecule has 1 heterocycles. The number of nitrogens with zero attached hydrogens (tertiary/aromatic N) is 3. The normalized spacial score (nSPS) is 16.7. The first-order valence-corrected chi connectivity index (χ1v) is 8.53. The Bertz CT molecular complexity index is 642.